The van der Waals surface area contributed by atoms with Crippen molar-refractivity contribution in [2.24, 2.45) is 0 Å². The van der Waals surface area contributed by atoms with Crippen molar-refractivity contribution in [3.63, 3.8) is 0 Å². The van der Waals surface area contributed by atoms with E-state index in [1.807, 2.05) is 0 Å². The van der Waals surface area contributed by atoms with E-state index in [9.17, 15) is 14.3 Å². The lowest BCUT2D eigenvalue weighted by Gasteiger charge is -2.40. The van der Waals surface area contributed by atoms with Crippen LogP contribution in [0.1, 0.15) is 12.5 Å². The molecule has 19 heavy (non-hydrogen) atoms. The standard InChI is InChI=1S/C13H16BrFN2O2/c1-13(12(18)19,17-6-4-16-5-7-17)10-3-2-9(14)8-11(10)15/h2-3,8,16H,4-7H2,1H3,(H,18,19). The van der Waals surface area contributed by atoms with Gasteiger partial charge in [-0.3, -0.25) is 4.90 Å². The molecule has 2 rings (SSSR count). The van der Waals surface area contributed by atoms with Gasteiger partial charge in [0.2, 0.25) is 0 Å². The molecule has 1 atom stereocenters. The van der Waals surface area contributed by atoms with Gasteiger partial charge >= 0.3 is 5.97 Å². The molecule has 1 saturated heterocycles. The number of nitrogens with zero attached hydrogens (tertiary/aromatic N) is 1. The van der Waals surface area contributed by atoms with Crippen LogP contribution >= 0.6 is 15.9 Å². The molecule has 0 radical (unpaired) electrons. The van der Waals surface area contributed by atoms with Crippen LogP contribution in [0.2, 0.25) is 0 Å². The Morgan fingerprint density at radius 3 is 2.63 bits per heavy atom. The maximum atomic E-state index is 14.1. The van der Waals surface area contributed by atoms with Crippen molar-refractivity contribution < 1.29 is 14.3 Å². The molecule has 1 aliphatic heterocycles. The number of halogens is 2. The lowest BCUT2D eigenvalue weighted by Crippen LogP contribution is -2.57. The van der Waals surface area contributed by atoms with Crippen LogP contribution in [0.4, 0.5) is 4.39 Å². The van der Waals surface area contributed by atoms with Gasteiger partial charge in [-0.2, -0.15) is 0 Å². The van der Waals surface area contributed by atoms with Crippen LogP contribution in [0.25, 0.3) is 0 Å². The Morgan fingerprint density at radius 1 is 1.47 bits per heavy atom. The molecule has 1 aromatic rings. The molecular formula is C13H16BrFN2O2. The van der Waals surface area contributed by atoms with Gasteiger partial charge in [-0.1, -0.05) is 22.0 Å². The zero-order valence-corrected chi connectivity index (χ0v) is 12.2. The van der Waals surface area contributed by atoms with E-state index >= 15 is 0 Å². The molecule has 1 heterocycles. The van der Waals surface area contributed by atoms with E-state index in [1.165, 1.54) is 12.1 Å². The fourth-order valence-corrected chi connectivity index (χ4v) is 2.75. The SMILES string of the molecule is CC(C(=O)O)(c1ccc(Br)cc1F)N1CCNCC1. The molecule has 1 aliphatic rings. The number of rotatable bonds is 3. The van der Waals surface area contributed by atoms with Crippen LogP contribution < -0.4 is 5.32 Å². The minimum atomic E-state index is -1.34. The summed E-state index contributed by atoms with van der Waals surface area (Å²) >= 11 is 3.19. The molecule has 1 fully saturated rings. The van der Waals surface area contributed by atoms with E-state index in [1.54, 1.807) is 17.9 Å². The molecule has 0 saturated carbocycles. The minimum Gasteiger partial charge on any atom is -0.480 e. The Labute approximate surface area is 119 Å². The predicted octanol–water partition coefficient (Wildman–Crippen LogP) is 1.79. The Morgan fingerprint density at radius 2 is 2.11 bits per heavy atom. The van der Waals surface area contributed by atoms with E-state index in [-0.39, 0.29) is 5.56 Å². The molecule has 1 unspecified atom stereocenters. The van der Waals surface area contributed by atoms with Crippen LogP contribution in [-0.4, -0.2) is 42.2 Å². The molecule has 104 valence electrons. The number of nitrogens with one attached hydrogen (secondary N) is 1. The first kappa shape index (κ1) is 14.4. The van der Waals surface area contributed by atoms with E-state index in [4.69, 9.17) is 0 Å². The monoisotopic (exact) mass is 330 g/mol. The number of carbonyl (C=O) groups is 1. The number of hydrogen-bond donors (Lipinski definition) is 2. The van der Waals surface area contributed by atoms with Crippen molar-refractivity contribution >= 4 is 21.9 Å². The maximum absolute atomic E-state index is 14.1. The molecule has 0 aliphatic carbocycles. The minimum absolute atomic E-state index is 0.199. The van der Waals surface area contributed by atoms with Crippen LogP contribution in [0.5, 0.6) is 0 Å². The Balaban J connectivity index is 2.46. The second-order valence-corrected chi connectivity index (χ2v) is 5.65. The number of carboxylic acid groups (broad SMARTS) is 1. The predicted molar refractivity (Wildman–Crippen MR) is 73.5 cm³/mol. The number of carboxylic acids is 1. The molecule has 0 aromatic heterocycles. The van der Waals surface area contributed by atoms with E-state index in [0.29, 0.717) is 30.7 Å². The van der Waals surface area contributed by atoms with E-state index in [0.717, 1.165) is 0 Å². The number of piperazine rings is 1. The highest BCUT2D eigenvalue weighted by Gasteiger charge is 2.43. The van der Waals surface area contributed by atoms with E-state index < -0.39 is 17.3 Å². The second kappa shape index (κ2) is 5.56. The first-order valence-electron chi connectivity index (χ1n) is 6.11. The number of aliphatic carboxylic acids is 1. The summed E-state index contributed by atoms with van der Waals surface area (Å²) in [6, 6.07) is 4.51. The highest BCUT2D eigenvalue weighted by Crippen LogP contribution is 2.32. The quantitative estimate of drug-likeness (QED) is 0.887. The third-order valence-electron chi connectivity index (χ3n) is 3.62. The molecule has 0 bridgehead atoms. The van der Waals surface area contributed by atoms with Gasteiger partial charge in [0, 0.05) is 36.2 Å². The summed E-state index contributed by atoms with van der Waals surface area (Å²) in [6.07, 6.45) is 0. The van der Waals surface area contributed by atoms with Crippen LogP contribution in [0.15, 0.2) is 22.7 Å². The van der Waals surface area contributed by atoms with Crippen molar-refractivity contribution in [2.75, 3.05) is 26.2 Å². The summed E-state index contributed by atoms with van der Waals surface area (Å²) in [5.74, 6) is -1.53. The van der Waals surface area contributed by atoms with Crippen molar-refractivity contribution in [3.8, 4) is 0 Å². The maximum Gasteiger partial charge on any atom is 0.328 e. The van der Waals surface area contributed by atoms with Gasteiger partial charge in [0.05, 0.1) is 0 Å². The third kappa shape index (κ3) is 2.66. The van der Waals surface area contributed by atoms with Gasteiger partial charge in [-0.05, 0) is 19.1 Å². The first-order valence-corrected chi connectivity index (χ1v) is 6.90. The average Bonchev–Trinajstić information content (AvgIpc) is 2.38. The lowest BCUT2D eigenvalue weighted by atomic mass is 9.89. The van der Waals surface area contributed by atoms with Gasteiger partial charge < -0.3 is 10.4 Å². The number of benzene rings is 1. The van der Waals surface area contributed by atoms with Crippen LogP contribution in [0, 0.1) is 5.82 Å². The van der Waals surface area contributed by atoms with Crippen molar-refractivity contribution in [1.82, 2.24) is 10.2 Å². The highest BCUT2D eigenvalue weighted by atomic mass is 79.9. The van der Waals surface area contributed by atoms with Gasteiger partial charge in [0.15, 0.2) is 0 Å². The van der Waals surface area contributed by atoms with Gasteiger partial charge in [0.1, 0.15) is 11.4 Å². The van der Waals surface area contributed by atoms with Gasteiger partial charge in [0.25, 0.3) is 0 Å². The van der Waals surface area contributed by atoms with Gasteiger partial charge in [-0.15, -0.1) is 0 Å². The second-order valence-electron chi connectivity index (χ2n) is 4.74. The van der Waals surface area contributed by atoms with Crippen molar-refractivity contribution in [2.45, 2.75) is 12.5 Å². The molecule has 1 aromatic carbocycles. The highest BCUT2D eigenvalue weighted by molar-refractivity contribution is 9.10. The summed E-state index contributed by atoms with van der Waals surface area (Å²) in [7, 11) is 0. The number of hydrogen-bond acceptors (Lipinski definition) is 3. The Hall–Kier alpha value is -0.980. The summed E-state index contributed by atoms with van der Waals surface area (Å²) in [6.45, 7) is 4.14. The molecule has 0 amide bonds. The average molecular weight is 331 g/mol. The topological polar surface area (TPSA) is 52.6 Å². The van der Waals surface area contributed by atoms with E-state index in [2.05, 4.69) is 21.2 Å². The Kier molecular flexibility index (Phi) is 4.23. The summed E-state index contributed by atoms with van der Waals surface area (Å²) < 4.78 is 14.7. The fourth-order valence-electron chi connectivity index (χ4n) is 2.42. The molecule has 0 spiro atoms. The normalized spacial score (nSPS) is 19.9. The largest absolute Gasteiger partial charge is 0.480 e. The fraction of sp³-hybridized carbons (Fsp3) is 0.462. The zero-order chi connectivity index (χ0) is 14.0. The van der Waals surface area contributed by atoms with Crippen LogP contribution in [-0.2, 0) is 10.3 Å². The molecular weight excluding hydrogens is 315 g/mol. The van der Waals surface area contributed by atoms with Gasteiger partial charge in [-0.25, -0.2) is 9.18 Å². The molecule has 6 heteroatoms. The van der Waals surface area contributed by atoms with Crippen LogP contribution in [0.3, 0.4) is 0 Å². The summed E-state index contributed by atoms with van der Waals surface area (Å²) in [5, 5.41) is 12.8. The smallest absolute Gasteiger partial charge is 0.328 e. The summed E-state index contributed by atoms with van der Waals surface area (Å²) in [5.41, 5.74) is -1.14. The molecule has 4 nitrogen and oxygen atoms in total. The Bertz CT molecular complexity index is 492. The lowest BCUT2D eigenvalue weighted by molar-refractivity contribution is -0.152. The summed E-state index contributed by atoms with van der Waals surface area (Å²) in [4.78, 5) is 13.5. The van der Waals surface area contributed by atoms with Crippen molar-refractivity contribution in [3.05, 3.63) is 34.1 Å². The molecule has 2 N–H and O–H groups in total. The van der Waals surface area contributed by atoms with Crippen molar-refractivity contribution in [1.29, 1.82) is 0 Å². The third-order valence-corrected chi connectivity index (χ3v) is 4.11. The zero-order valence-electron chi connectivity index (χ0n) is 10.6. The first-order chi connectivity index (χ1) is 8.96.